The standard InChI is InChI=1S/C27H16N6O3S/c34-27-25-24(28-16-32(27)29-15-17-11-13-20(14-12-17)33(35)36)22-21(18-7-3-1-4-8-18)23(30-31-26(22)37-25)19-9-5-2-6-10-19/h1-16H. The minimum Gasteiger partial charge on any atom is -0.266 e. The molecule has 6 aromatic rings. The van der Waals surface area contributed by atoms with Crippen LogP contribution in [0.2, 0.25) is 0 Å². The number of nitro groups is 1. The zero-order valence-electron chi connectivity index (χ0n) is 19.1. The molecule has 10 heteroatoms. The molecule has 0 radical (unpaired) electrons. The lowest BCUT2D eigenvalue weighted by Crippen LogP contribution is -2.15. The molecule has 3 heterocycles. The molecule has 0 aliphatic carbocycles. The van der Waals surface area contributed by atoms with Gasteiger partial charge in [-0.15, -0.1) is 21.5 Å². The topological polar surface area (TPSA) is 116 Å². The Morgan fingerprint density at radius 3 is 2.24 bits per heavy atom. The minimum atomic E-state index is -0.472. The van der Waals surface area contributed by atoms with Gasteiger partial charge in [0.15, 0.2) is 0 Å². The Kier molecular flexibility index (Phi) is 5.55. The fourth-order valence-corrected chi connectivity index (χ4v) is 5.09. The lowest BCUT2D eigenvalue weighted by Gasteiger charge is -2.10. The van der Waals surface area contributed by atoms with Crippen LogP contribution in [-0.2, 0) is 0 Å². The summed E-state index contributed by atoms with van der Waals surface area (Å²) in [6, 6.07) is 25.5. The van der Waals surface area contributed by atoms with Gasteiger partial charge < -0.3 is 0 Å². The highest BCUT2D eigenvalue weighted by Gasteiger charge is 2.21. The van der Waals surface area contributed by atoms with E-state index < -0.39 is 4.92 Å². The largest absolute Gasteiger partial charge is 0.291 e. The molecule has 0 spiro atoms. The van der Waals surface area contributed by atoms with Crippen LogP contribution in [0.3, 0.4) is 0 Å². The molecule has 0 fully saturated rings. The maximum Gasteiger partial charge on any atom is 0.291 e. The van der Waals surface area contributed by atoms with Gasteiger partial charge in [-0.25, -0.2) is 4.98 Å². The Morgan fingerprint density at radius 2 is 1.57 bits per heavy atom. The third kappa shape index (κ3) is 4.05. The summed E-state index contributed by atoms with van der Waals surface area (Å²) in [5, 5.41) is 24.9. The quantitative estimate of drug-likeness (QED) is 0.173. The van der Waals surface area contributed by atoms with Crippen LogP contribution in [-0.4, -0.2) is 31.0 Å². The van der Waals surface area contributed by atoms with E-state index in [1.54, 1.807) is 12.1 Å². The van der Waals surface area contributed by atoms with Gasteiger partial charge in [-0.05, 0) is 23.3 Å². The molecule has 37 heavy (non-hydrogen) atoms. The second-order valence-electron chi connectivity index (χ2n) is 8.10. The smallest absolute Gasteiger partial charge is 0.266 e. The van der Waals surface area contributed by atoms with E-state index in [4.69, 9.17) is 0 Å². The predicted octanol–water partition coefficient (Wildman–Crippen LogP) is 5.53. The van der Waals surface area contributed by atoms with Crippen LogP contribution in [0.4, 0.5) is 5.69 Å². The summed E-state index contributed by atoms with van der Waals surface area (Å²) in [6.45, 7) is 0. The molecule has 6 rings (SSSR count). The van der Waals surface area contributed by atoms with Crippen molar-refractivity contribution >= 4 is 43.7 Å². The van der Waals surface area contributed by atoms with Crippen molar-refractivity contribution in [1.82, 2.24) is 19.9 Å². The van der Waals surface area contributed by atoms with Gasteiger partial charge in [-0.1, -0.05) is 60.7 Å². The third-order valence-electron chi connectivity index (χ3n) is 5.84. The van der Waals surface area contributed by atoms with E-state index in [2.05, 4.69) is 20.3 Å². The molecule has 178 valence electrons. The van der Waals surface area contributed by atoms with Crippen LogP contribution < -0.4 is 5.56 Å². The Balaban J connectivity index is 1.52. The van der Waals surface area contributed by atoms with Crippen LogP contribution in [0.15, 0.2) is 101 Å². The molecule has 0 bridgehead atoms. The van der Waals surface area contributed by atoms with Crippen molar-refractivity contribution in [3.63, 3.8) is 0 Å². The van der Waals surface area contributed by atoms with Crippen molar-refractivity contribution < 1.29 is 4.92 Å². The summed E-state index contributed by atoms with van der Waals surface area (Å²) in [4.78, 5) is 28.9. The van der Waals surface area contributed by atoms with Crippen LogP contribution >= 0.6 is 11.3 Å². The van der Waals surface area contributed by atoms with Crippen LogP contribution in [0.5, 0.6) is 0 Å². The number of non-ortho nitro benzene ring substituents is 1. The maximum atomic E-state index is 13.3. The van der Waals surface area contributed by atoms with E-state index in [9.17, 15) is 14.9 Å². The van der Waals surface area contributed by atoms with E-state index in [0.717, 1.165) is 26.8 Å². The molecule has 3 aromatic heterocycles. The number of benzene rings is 3. The fraction of sp³-hybridized carbons (Fsp3) is 0. The van der Waals surface area contributed by atoms with Gasteiger partial charge in [0, 0.05) is 28.6 Å². The van der Waals surface area contributed by atoms with E-state index in [1.807, 2.05) is 60.7 Å². The summed E-state index contributed by atoms with van der Waals surface area (Å²) >= 11 is 1.22. The van der Waals surface area contributed by atoms with E-state index in [-0.39, 0.29) is 11.2 Å². The molecule has 0 unspecified atom stereocenters. The van der Waals surface area contributed by atoms with Gasteiger partial charge in [0.2, 0.25) is 0 Å². The van der Waals surface area contributed by atoms with Crippen molar-refractivity contribution in [3.05, 3.63) is 117 Å². The van der Waals surface area contributed by atoms with Crippen molar-refractivity contribution in [2.45, 2.75) is 0 Å². The number of rotatable bonds is 5. The number of hydrogen-bond donors (Lipinski definition) is 0. The van der Waals surface area contributed by atoms with Gasteiger partial charge in [0.25, 0.3) is 11.2 Å². The first-order chi connectivity index (χ1) is 18.1. The van der Waals surface area contributed by atoms with Crippen LogP contribution in [0.1, 0.15) is 5.56 Å². The highest BCUT2D eigenvalue weighted by atomic mass is 32.1. The molecule has 0 N–H and O–H groups in total. The van der Waals surface area contributed by atoms with Crippen LogP contribution in [0, 0.1) is 10.1 Å². The van der Waals surface area contributed by atoms with Gasteiger partial charge in [0.1, 0.15) is 21.6 Å². The monoisotopic (exact) mass is 504 g/mol. The summed E-state index contributed by atoms with van der Waals surface area (Å²) in [6.07, 6.45) is 2.82. The van der Waals surface area contributed by atoms with Gasteiger partial charge in [-0.2, -0.15) is 9.78 Å². The number of aromatic nitrogens is 4. The fourth-order valence-electron chi connectivity index (χ4n) is 4.08. The Morgan fingerprint density at radius 1 is 0.892 bits per heavy atom. The third-order valence-corrected chi connectivity index (χ3v) is 6.89. The predicted molar refractivity (Wildman–Crippen MR) is 144 cm³/mol. The SMILES string of the molecule is O=c1c2sc3nnc(-c4ccccc4)c(-c4ccccc4)c3c2ncn1N=Cc1ccc([N+](=O)[O-])cc1. The number of fused-ring (bicyclic) bond motifs is 3. The zero-order chi connectivity index (χ0) is 25.4. The molecule has 0 atom stereocenters. The normalized spacial score (nSPS) is 11.5. The molecule has 9 nitrogen and oxygen atoms in total. The van der Waals surface area contributed by atoms with Gasteiger partial charge >= 0.3 is 0 Å². The average molecular weight is 505 g/mol. The Labute approximate surface area is 213 Å². The number of nitrogens with zero attached hydrogens (tertiary/aromatic N) is 6. The first-order valence-corrected chi connectivity index (χ1v) is 12.0. The molecular weight excluding hydrogens is 488 g/mol. The van der Waals surface area contributed by atoms with Gasteiger partial charge in [0.05, 0.1) is 16.7 Å². The average Bonchev–Trinajstić information content (AvgIpc) is 3.33. The molecule has 0 aliphatic heterocycles. The molecule has 0 saturated carbocycles. The number of thiophene rings is 1. The van der Waals surface area contributed by atoms with E-state index >= 15 is 0 Å². The highest BCUT2D eigenvalue weighted by Crippen LogP contribution is 2.41. The summed E-state index contributed by atoms with van der Waals surface area (Å²) in [7, 11) is 0. The number of hydrogen-bond acceptors (Lipinski definition) is 8. The Hall–Kier alpha value is -5.09. The molecular formula is C27H16N6O3S. The molecule has 0 saturated heterocycles. The first kappa shape index (κ1) is 22.4. The summed E-state index contributed by atoms with van der Waals surface area (Å²) < 4.78 is 1.56. The Bertz CT molecular complexity index is 1860. The first-order valence-electron chi connectivity index (χ1n) is 11.2. The maximum absolute atomic E-state index is 13.3. The minimum absolute atomic E-state index is 0.0205. The van der Waals surface area contributed by atoms with E-state index in [1.165, 1.54) is 36.0 Å². The second kappa shape index (κ2) is 9.17. The second-order valence-corrected chi connectivity index (χ2v) is 9.10. The molecule has 3 aromatic carbocycles. The lowest BCUT2D eigenvalue weighted by molar-refractivity contribution is -0.384. The molecule has 0 aliphatic rings. The zero-order valence-corrected chi connectivity index (χ0v) is 19.9. The molecule has 0 amide bonds. The summed E-state index contributed by atoms with van der Waals surface area (Å²) in [5.74, 6) is 0. The van der Waals surface area contributed by atoms with Crippen molar-refractivity contribution in [2.75, 3.05) is 0 Å². The van der Waals surface area contributed by atoms with Crippen molar-refractivity contribution in [1.29, 1.82) is 0 Å². The highest BCUT2D eigenvalue weighted by molar-refractivity contribution is 7.25. The van der Waals surface area contributed by atoms with Crippen molar-refractivity contribution in [3.8, 4) is 22.4 Å². The lowest BCUT2D eigenvalue weighted by atomic mass is 9.97. The summed E-state index contributed by atoms with van der Waals surface area (Å²) in [5.41, 5.74) is 4.22. The van der Waals surface area contributed by atoms with Crippen LogP contribution in [0.25, 0.3) is 42.8 Å². The number of nitro benzene ring substituents is 1. The van der Waals surface area contributed by atoms with Crippen molar-refractivity contribution in [2.24, 2.45) is 5.10 Å². The van der Waals surface area contributed by atoms with Gasteiger partial charge in [-0.3, -0.25) is 14.9 Å². The van der Waals surface area contributed by atoms with E-state index in [0.29, 0.717) is 26.3 Å².